The number of morpholine rings is 1. The number of phenols is 1. The number of amidine groups is 1. The summed E-state index contributed by atoms with van der Waals surface area (Å²) in [4.78, 5) is 18.9. The molecular formula is C17H20N2O4S. The number of rotatable bonds is 2. The average molecular weight is 348 g/mol. The van der Waals surface area contributed by atoms with Gasteiger partial charge < -0.3 is 19.5 Å². The van der Waals surface area contributed by atoms with Crippen LogP contribution in [0.4, 0.5) is 0 Å². The van der Waals surface area contributed by atoms with E-state index < -0.39 is 0 Å². The second-order valence-electron chi connectivity index (χ2n) is 5.87. The summed E-state index contributed by atoms with van der Waals surface area (Å²) in [5.74, 6) is 0.101. The molecule has 1 amide bonds. The number of hydrogen-bond donors (Lipinski definition) is 1. The van der Waals surface area contributed by atoms with Gasteiger partial charge in [0.25, 0.3) is 5.91 Å². The molecule has 0 aromatic heterocycles. The lowest BCUT2D eigenvalue weighted by molar-refractivity contribution is -0.113. The molecule has 2 aliphatic heterocycles. The fourth-order valence-electron chi connectivity index (χ4n) is 2.83. The van der Waals surface area contributed by atoms with Crippen molar-refractivity contribution in [2.24, 2.45) is 4.99 Å². The summed E-state index contributed by atoms with van der Waals surface area (Å²) in [5.41, 5.74) is 0.533. The van der Waals surface area contributed by atoms with Crippen molar-refractivity contribution in [3.8, 4) is 11.5 Å². The number of phenolic OH excluding ortho intramolecular Hbond substituents is 1. The van der Waals surface area contributed by atoms with Crippen molar-refractivity contribution >= 4 is 28.9 Å². The molecule has 1 fully saturated rings. The molecule has 1 aromatic rings. The molecule has 0 bridgehead atoms. The number of carbonyl (C=O) groups is 1. The highest BCUT2D eigenvalue weighted by Crippen LogP contribution is 2.36. The fourth-order valence-corrected chi connectivity index (χ4v) is 3.75. The van der Waals surface area contributed by atoms with Crippen LogP contribution in [0.2, 0.25) is 0 Å². The van der Waals surface area contributed by atoms with Crippen LogP contribution in [0.3, 0.4) is 0 Å². The van der Waals surface area contributed by atoms with Crippen LogP contribution in [0.25, 0.3) is 6.08 Å². The predicted molar refractivity (Wildman–Crippen MR) is 94.3 cm³/mol. The molecule has 6 nitrogen and oxygen atoms in total. The highest BCUT2D eigenvalue weighted by Gasteiger charge is 2.31. The van der Waals surface area contributed by atoms with Gasteiger partial charge in [0.15, 0.2) is 16.7 Å². The van der Waals surface area contributed by atoms with Crippen LogP contribution < -0.4 is 4.74 Å². The number of benzene rings is 1. The normalized spacial score (nSPS) is 26.0. The van der Waals surface area contributed by atoms with Crippen LogP contribution in [0.15, 0.2) is 28.1 Å². The molecule has 2 heterocycles. The zero-order valence-electron chi connectivity index (χ0n) is 13.9. The zero-order chi connectivity index (χ0) is 17.3. The second kappa shape index (κ2) is 6.86. The van der Waals surface area contributed by atoms with E-state index in [0.717, 1.165) is 0 Å². The summed E-state index contributed by atoms with van der Waals surface area (Å²) in [7, 11) is 1.49. The molecule has 1 N–H and O–H groups in total. The Labute approximate surface area is 145 Å². The minimum atomic E-state index is -0.288. The molecule has 0 aliphatic carbocycles. The zero-order valence-corrected chi connectivity index (χ0v) is 14.7. The van der Waals surface area contributed by atoms with Crippen molar-refractivity contribution in [2.45, 2.75) is 26.1 Å². The van der Waals surface area contributed by atoms with Gasteiger partial charge in [0.2, 0.25) is 0 Å². The number of methoxy groups -OCH3 is 1. The Morgan fingerprint density at radius 1 is 1.38 bits per heavy atom. The third-order valence-electron chi connectivity index (χ3n) is 3.84. The summed E-state index contributed by atoms with van der Waals surface area (Å²) in [6.45, 7) is 5.44. The van der Waals surface area contributed by atoms with E-state index in [1.54, 1.807) is 24.3 Å². The maximum absolute atomic E-state index is 12.2. The number of aromatic hydroxyl groups is 1. The van der Waals surface area contributed by atoms with Crippen molar-refractivity contribution < 1.29 is 19.4 Å². The Hall–Kier alpha value is -1.99. The summed E-state index contributed by atoms with van der Waals surface area (Å²) in [5, 5.41) is 10.9. The molecule has 24 heavy (non-hydrogen) atoms. The van der Waals surface area contributed by atoms with Crippen LogP contribution in [0.1, 0.15) is 19.4 Å². The van der Waals surface area contributed by atoms with E-state index in [0.29, 0.717) is 34.5 Å². The Morgan fingerprint density at radius 2 is 2.08 bits per heavy atom. The van der Waals surface area contributed by atoms with Gasteiger partial charge in [-0.1, -0.05) is 12.1 Å². The van der Waals surface area contributed by atoms with E-state index in [1.165, 1.54) is 18.9 Å². The fraction of sp³-hybridized carbons (Fsp3) is 0.412. The largest absolute Gasteiger partial charge is 0.504 e. The number of carbonyl (C=O) groups excluding carboxylic acids is 1. The number of nitrogens with zero attached hydrogens (tertiary/aromatic N) is 2. The van der Waals surface area contributed by atoms with Gasteiger partial charge in [0.05, 0.1) is 24.2 Å². The minimum Gasteiger partial charge on any atom is -0.504 e. The molecule has 7 heteroatoms. The van der Waals surface area contributed by atoms with E-state index in [9.17, 15) is 9.90 Å². The lowest BCUT2D eigenvalue weighted by Crippen LogP contribution is -2.47. The Balaban J connectivity index is 1.80. The van der Waals surface area contributed by atoms with Crippen LogP contribution in [0, 0.1) is 0 Å². The lowest BCUT2D eigenvalue weighted by Gasteiger charge is -2.35. The van der Waals surface area contributed by atoms with E-state index in [1.807, 2.05) is 13.8 Å². The van der Waals surface area contributed by atoms with Crippen molar-refractivity contribution in [1.82, 2.24) is 4.90 Å². The van der Waals surface area contributed by atoms with E-state index in [4.69, 9.17) is 9.47 Å². The summed E-state index contributed by atoms with van der Waals surface area (Å²) in [6.07, 6.45) is 1.85. The summed E-state index contributed by atoms with van der Waals surface area (Å²) in [6, 6.07) is 5.16. The molecule has 128 valence electrons. The number of para-hydroxylation sites is 1. The van der Waals surface area contributed by atoms with Gasteiger partial charge in [-0.15, -0.1) is 0 Å². The van der Waals surface area contributed by atoms with Gasteiger partial charge >= 0.3 is 0 Å². The first kappa shape index (κ1) is 16.9. The Bertz CT molecular complexity index is 707. The van der Waals surface area contributed by atoms with Crippen molar-refractivity contribution in [2.75, 3.05) is 20.2 Å². The summed E-state index contributed by atoms with van der Waals surface area (Å²) >= 11 is 1.33. The second-order valence-corrected chi connectivity index (χ2v) is 6.88. The molecule has 3 rings (SSSR count). The van der Waals surface area contributed by atoms with Crippen molar-refractivity contribution in [1.29, 1.82) is 0 Å². The highest BCUT2D eigenvalue weighted by molar-refractivity contribution is 8.18. The third-order valence-corrected chi connectivity index (χ3v) is 4.88. The van der Waals surface area contributed by atoms with E-state index in [2.05, 4.69) is 9.89 Å². The molecule has 1 aromatic carbocycles. The molecule has 0 radical (unpaired) electrons. The molecule has 2 aliphatic rings. The lowest BCUT2D eigenvalue weighted by atomic mass is 10.1. The van der Waals surface area contributed by atoms with E-state index >= 15 is 0 Å². The average Bonchev–Trinajstić information content (AvgIpc) is 2.89. The molecule has 2 atom stereocenters. The van der Waals surface area contributed by atoms with Crippen LogP contribution >= 0.6 is 11.8 Å². The maximum Gasteiger partial charge on any atom is 0.286 e. The van der Waals surface area contributed by atoms with Crippen molar-refractivity contribution in [3.05, 3.63) is 28.7 Å². The van der Waals surface area contributed by atoms with Crippen LogP contribution in [-0.4, -0.2) is 53.5 Å². The first-order valence-corrected chi connectivity index (χ1v) is 8.58. The van der Waals surface area contributed by atoms with Crippen LogP contribution in [0.5, 0.6) is 11.5 Å². The van der Waals surface area contributed by atoms with Gasteiger partial charge in [0, 0.05) is 18.7 Å². The number of aliphatic imine (C=N–C) groups is 1. The van der Waals surface area contributed by atoms with Crippen LogP contribution in [-0.2, 0) is 9.53 Å². The van der Waals surface area contributed by atoms with Gasteiger partial charge in [-0.2, -0.15) is 4.99 Å². The molecule has 1 saturated heterocycles. The van der Waals surface area contributed by atoms with Gasteiger partial charge in [-0.3, -0.25) is 4.79 Å². The number of amides is 1. The molecule has 2 unspecified atom stereocenters. The van der Waals surface area contributed by atoms with Gasteiger partial charge in [0.1, 0.15) is 0 Å². The summed E-state index contributed by atoms with van der Waals surface area (Å²) < 4.78 is 10.8. The monoisotopic (exact) mass is 348 g/mol. The Morgan fingerprint density at radius 3 is 2.75 bits per heavy atom. The minimum absolute atomic E-state index is 0.0166. The van der Waals surface area contributed by atoms with E-state index in [-0.39, 0.29) is 23.9 Å². The topological polar surface area (TPSA) is 71.4 Å². The number of thioether (sulfide) groups is 1. The predicted octanol–water partition coefficient (Wildman–Crippen LogP) is 2.48. The standard InChI is InChI=1S/C17H20N2O4S/c1-10-8-19(9-11(2)23-10)17-18-16(21)14(24-17)7-12-5-4-6-13(22-3)15(12)20/h4-7,10-11,20H,8-9H2,1-3H3/b14-7+. The highest BCUT2D eigenvalue weighted by atomic mass is 32.2. The van der Waals surface area contributed by atoms with Crippen molar-refractivity contribution in [3.63, 3.8) is 0 Å². The first-order valence-electron chi connectivity index (χ1n) is 7.77. The maximum atomic E-state index is 12.2. The first-order chi connectivity index (χ1) is 11.5. The quantitative estimate of drug-likeness (QED) is 0.828. The SMILES string of the molecule is COc1cccc(/C=C2/SC(N3CC(C)OC(C)C3)=NC2=O)c1O. The molecular weight excluding hydrogens is 328 g/mol. The van der Waals surface area contributed by atoms with Gasteiger partial charge in [-0.25, -0.2) is 0 Å². The third kappa shape index (κ3) is 3.42. The van der Waals surface area contributed by atoms with Gasteiger partial charge in [-0.05, 0) is 37.8 Å². The number of hydrogen-bond acceptors (Lipinski definition) is 6. The smallest absolute Gasteiger partial charge is 0.286 e. The molecule has 0 saturated carbocycles. The number of ether oxygens (including phenoxy) is 2. The Kier molecular flexibility index (Phi) is 4.82. The molecule has 0 spiro atoms.